The lowest BCUT2D eigenvalue weighted by Crippen LogP contribution is -2.19. The van der Waals surface area contributed by atoms with Crippen LogP contribution in [-0.2, 0) is 0 Å². The molecule has 130 valence electrons. The molecule has 2 heterocycles. The second-order valence-corrected chi connectivity index (χ2v) is 7.00. The zero-order valence-electron chi connectivity index (χ0n) is 14.2. The molecule has 0 aliphatic heterocycles. The topological polar surface area (TPSA) is 80.0 Å². The third-order valence-corrected chi connectivity index (χ3v) is 4.87. The highest BCUT2D eigenvalue weighted by Crippen LogP contribution is 2.31. The molecule has 0 fully saturated rings. The van der Waals surface area contributed by atoms with Gasteiger partial charge in [-0.25, -0.2) is 9.78 Å². The highest BCUT2D eigenvalue weighted by molar-refractivity contribution is 7.21. The average Bonchev–Trinajstić information content (AvgIpc) is 3.21. The van der Waals surface area contributed by atoms with Crippen LogP contribution in [0.4, 0.5) is 16.3 Å². The summed E-state index contributed by atoms with van der Waals surface area (Å²) in [5.74, 6) is 1.01. The van der Waals surface area contributed by atoms with Crippen LogP contribution in [-0.4, -0.2) is 16.2 Å². The van der Waals surface area contributed by atoms with Crippen molar-refractivity contribution < 1.29 is 9.32 Å². The monoisotopic (exact) mass is 364 g/mol. The number of thiazole rings is 1. The number of fused-ring (bicyclic) bond motifs is 1. The first-order valence-corrected chi connectivity index (χ1v) is 8.87. The molecule has 2 aromatic heterocycles. The SMILES string of the molecule is Cc1ccc2nc(-c3ccc(NC(=O)Nc4cc(C)on4)cc3)sc2c1. The Morgan fingerprint density at radius 1 is 1.04 bits per heavy atom. The van der Waals surface area contributed by atoms with E-state index in [0.717, 1.165) is 16.1 Å². The average molecular weight is 364 g/mol. The summed E-state index contributed by atoms with van der Waals surface area (Å²) in [7, 11) is 0. The Morgan fingerprint density at radius 2 is 1.85 bits per heavy atom. The predicted octanol–water partition coefficient (Wildman–Crippen LogP) is 5.21. The fourth-order valence-corrected chi connectivity index (χ4v) is 3.62. The van der Waals surface area contributed by atoms with E-state index >= 15 is 0 Å². The van der Waals surface area contributed by atoms with E-state index in [0.29, 0.717) is 17.3 Å². The Morgan fingerprint density at radius 3 is 2.58 bits per heavy atom. The molecule has 4 rings (SSSR count). The first kappa shape index (κ1) is 16.3. The maximum absolute atomic E-state index is 12.0. The number of hydrogen-bond donors (Lipinski definition) is 2. The zero-order valence-corrected chi connectivity index (χ0v) is 15.1. The normalized spacial score (nSPS) is 10.8. The number of benzene rings is 2. The van der Waals surface area contributed by atoms with Gasteiger partial charge in [-0.2, -0.15) is 0 Å². The number of urea groups is 1. The minimum atomic E-state index is -0.374. The van der Waals surface area contributed by atoms with Crippen LogP contribution >= 0.6 is 11.3 Å². The van der Waals surface area contributed by atoms with Gasteiger partial charge in [-0.05, 0) is 55.8 Å². The van der Waals surface area contributed by atoms with Gasteiger partial charge < -0.3 is 9.84 Å². The maximum atomic E-state index is 12.0. The van der Waals surface area contributed by atoms with Crippen LogP contribution in [0.1, 0.15) is 11.3 Å². The number of anilines is 2. The molecule has 0 saturated heterocycles. The molecule has 0 atom stereocenters. The van der Waals surface area contributed by atoms with Gasteiger partial charge >= 0.3 is 6.03 Å². The molecule has 0 aliphatic carbocycles. The molecule has 0 unspecified atom stereocenters. The van der Waals surface area contributed by atoms with Crippen LogP contribution in [0.25, 0.3) is 20.8 Å². The van der Waals surface area contributed by atoms with Crippen LogP contribution in [0.2, 0.25) is 0 Å². The summed E-state index contributed by atoms with van der Waals surface area (Å²) < 4.78 is 6.09. The maximum Gasteiger partial charge on any atom is 0.324 e. The van der Waals surface area contributed by atoms with Crippen molar-refractivity contribution in [3.63, 3.8) is 0 Å². The predicted molar refractivity (Wildman–Crippen MR) is 104 cm³/mol. The molecule has 2 amide bonds. The van der Waals surface area contributed by atoms with E-state index in [2.05, 4.69) is 39.8 Å². The molecule has 0 saturated carbocycles. The summed E-state index contributed by atoms with van der Waals surface area (Å²) in [6.07, 6.45) is 0. The van der Waals surface area contributed by atoms with Crippen molar-refractivity contribution in [1.82, 2.24) is 10.1 Å². The minimum absolute atomic E-state index is 0.374. The number of amides is 2. The molecule has 6 nitrogen and oxygen atoms in total. The van der Waals surface area contributed by atoms with Gasteiger partial charge in [-0.15, -0.1) is 11.3 Å². The molecule has 2 N–H and O–H groups in total. The molecule has 26 heavy (non-hydrogen) atoms. The Bertz CT molecular complexity index is 1080. The zero-order chi connectivity index (χ0) is 18.1. The molecule has 2 aromatic carbocycles. The largest absolute Gasteiger partial charge is 0.360 e. The summed E-state index contributed by atoms with van der Waals surface area (Å²) in [4.78, 5) is 16.7. The highest BCUT2D eigenvalue weighted by Gasteiger charge is 2.09. The van der Waals surface area contributed by atoms with Crippen molar-refractivity contribution in [1.29, 1.82) is 0 Å². The summed E-state index contributed by atoms with van der Waals surface area (Å²) in [6.45, 7) is 3.84. The summed E-state index contributed by atoms with van der Waals surface area (Å²) in [6, 6.07) is 15.1. The van der Waals surface area contributed by atoms with E-state index in [9.17, 15) is 4.79 Å². The molecular weight excluding hydrogens is 348 g/mol. The third kappa shape index (κ3) is 3.43. The number of aromatic nitrogens is 2. The molecule has 7 heteroatoms. The highest BCUT2D eigenvalue weighted by atomic mass is 32.1. The molecule has 0 radical (unpaired) electrons. The fraction of sp³-hybridized carbons (Fsp3) is 0.105. The van der Waals surface area contributed by atoms with Gasteiger partial charge in [0.1, 0.15) is 10.8 Å². The van der Waals surface area contributed by atoms with Crippen molar-refractivity contribution in [2.24, 2.45) is 0 Å². The van der Waals surface area contributed by atoms with E-state index in [1.165, 1.54) is 10.3 Å². The summed E-state index contributed by atoms with van der Waals surface area (Å²) in [5, 5.41) is 10.1. The first-order chi connectivity index (χ1) is 12.6. The second-order valence-electron chi connectivity index (χ2n) is 5.97. The lowest BCUT2D eigenvalue weighted by Gasteiger charge is -2.05. The van der Waals surface area contributed by atoms with E-state index in [1.54, 1.807) is 24.3 Å². The quantitative estimate of drug-likeness (QED) is 0.523. The number of carbonyl (C=O) groups is 1. The van der Waals surface area contributed by atoms with Gasteiger partial charge in [0.2, 0.25) is 0 Å². The molecule has 0 aliphatic rings. The van der Waals surface area contributed by atoms with Crippen molar-refractivity contribution in [3.05, 3.63) is 59.9 Å². The van der Waals surface area contributed by atoms with Crippen LogP contribution in [0.5, 0.6) is 0 Å². The smallest absolute Gasteiger partial charge is 0.324 e. The van der Waals surface area contributed by atoms with Crippen LogP contribution < -0.4 is 10.6 Å². The van der Waals surface area contributed by atoms with Crippen LogP contribution in [0.3, 0.4) is 0 Å². The van der Waals surface area contributed by atoms with E-state index in [4.69, 9.17) is 4.52 Å². The Balaban J connectivity index is 1.48. The van der Waals surface area contributed by atoms with Gasteiger partial charge in [0.25, 0.3) is 0 Å². The number of rotatable bonds is 3. The van der Waals surface area contributed by atoms with Crippen LogP contribution in [0.15, 0.2) is 53.1 Å². The molecular formula is C19H16N4O2S. The van der Waals surface area contributed by atoms with Crippen molar-refractivity contribution >= 4 is 39.1 Å². The lowest BCUT2D eigenvalue weighted by atomic mass is 10.2. The first-order valence-electron chi connectivity index (χ1n) is 8.06. The van der Waals surface area contributed by atoms with E-state index in [-0.39, 0.29) is 6.03 Å². The van der Waals surface area contributed by atoms with Crippen LogP contribution in [0, 0.1) is 13.8 Å². The van der Waals surface area contributed by atoms with Gasteiger partial charge in [0.15, 0.2) is 5.82 Å². The number of carbonyl (C=O) groups excluding carboxylic acids is 1. The Labute approximate surface area is 153 Å². The second kappa shape index (κ2) is 6.61. The van der Waals surface area contributed by atoms with Gasteiger partial charge in [-0.1, -0.05) is 11.2 Å². The Hall–Kier alpha value is -3.19. The van der Waals surface area contributed by atoms with Crippen molar-refractivity contribution in [2.45, 2.75) is 13.8 Å². The fourth-order valence-electron chi connectivity index (χ4n) is 2.56. The van der Waals surface area contributed by atoms with Crippen molar-refractivity contribution in [3.8, 4) is 10.6 Å². The number of hydrogen-bond acceptors (Lipinski definition) is 5. The van der Waals surface area contributed by atoms with E-state index < -0.39 is 0 Å². The van der Waals surface area contributed by atoms with Crippen molar-refractivity contribution in [2.75, 3.05) is 10.6 Å². The summed E-state index contributed by atoms with van der Waals surface area (Å²) in [5.41, 5.74) is 3.92. The van der Waals surface area contributed by atoms with Gasteiger partial charge in [0, 0.05) is 17.3 Å². The van der Waals surface area contributed by atoms with Gasteiger partial charge in [0.05, 0.1) is 10.2 Å². The number of aryl methyl sites for hydroxylation is 2. The van der Waals surface area contributed by atoms with E-state index in [1.807, 2.05) is 30.3 Å². The minimum Gasteiger partial charge on any atom is -0.360 e. The summed E-state index contributed by atoms with van der Waals surface area (Å²) >= 11 is 1.66. The lowest BCUT2D eigenvalue weighted by molar-refractivity contribution is 0.262. The van der Waals surface area contributed by atoms with Gasteiger partial charge in [-0.3, -0.25) is 5.32 Å². The third-order valence-electron chi connectivity index (χ3n) is 3.80. The molecule has 0 spiro atoms. The standard InChI is InChI=1S/C19H16N4O2S/c1-11-3-8-15-16(9-11)26-18(21-15)13-4-6-14(7-5-13)20-19(24)22-17-10-12(2)25-23-17/h3-10H,1-2H3,(H2,20,22,23,24). The molecule has 4 aromatic rings. The molecule has 0 bridgehead atoms. The Kier molecular flexibility index (Phi) is 4.14. The number of nitrogens with zero attached hydrogens (tertiary/aromatic N) is 2. The number of nitrogens with one attached hydrogen (secondary N) is 2.